The summed E-state index contributed by atoms with van der Waals surface area (Å²) in [5.41, 5.74) is 2.17. The second-order valence-corrected chi connectivity index (χ2v) is 4.54. The minimum absolute atomic E-state index is 0.639. The van der Waals surface area contributed by atoms with Crippen LogP contribution in [0.3, 0.4) is 0 Å². The van der Waals surface area contributed by atoms with Gasteiger partial charge in [0.2, 0.25) is 0 Å². The Morgan fingerprint density at radius 1 is 1.44 bits per heavy atom. The van der Waals surface area contributed by atoms with Gasteiger partial charge in [0.1, 0.15) is 11.5 Å². The van der Waals surface area contributed by atoms with Crippen molar-refractivity contribution in [2.24, 2.45) is 0 Å². The third-order valence-corrected chi connectivity index (χ3v) is 3.08. The fourth-order valence-corrected chi connectivity index (χ4v) is 1.89. The van der Waals surface area contributed by atoms with E-state index in [0.717, 1.165) is 23.4 Å². The molecule has 0 spiro atoms. The number of benzene rings is 1. The molecule has 1 N–H and O–H groups in total. The van der Waals surface area contributed by atoms with Gasteiger partial charge < -0.3 is 14.8 Å². The van der Waals surface area contributed by atoms with Crippen LogP contribution in [0.5, 0.6) is 5.75 Å². The van der Waals surface area contributed by atoms with Crippen LogP contribution in [0.25, 0.3) is 5.76 Å². The predicted octanol–water partition coefficient (Wildman–Crippen LogP) is 2.95. The molecule has 1 aromatic rings. The van der Waals surface area contributed by atoms with E-state index in [1.807, 2.05) is 19.1 Å². The van der Waals surface area contributed by atoms with Crippen molar-refractivity contribution in [3.8, 4) is 5.75 Å². The summed E-state index contributed by atoms with van der Waals surface area (Å²) in [4.78, 5) is 0. The second-order valence-electron chi connectivity index (χ2n) is 4.54. The molecule has 3 heteroatoms. The number of nitrogens with one attached hydrogen (secondary N) is 1. The molecule has 1 aliphatic rings. The zero-order valence-electron chi connectivity index (χ0n) is 11.2. The van der Waals surface area contributed by atoms with E-state index in [-0.39, 0.29) is 0 Å². The van der Waals surface area contributed by atoms with Crippen LogP contribution in [-0.4, -0.2) is 19.8 Å². The third-order valence-electron chi connectivity index (χ3n) is 3.08. The topological polar surface area (TPSA) is 30.5 Å². The lowest BCUT2D eigenvalue weighted by Gasteiger charge is -2.13. The first kappa shape index (κ1) is 13.0. The first-order valence-corrected chi connectivity index (χ1v) is 6.47. The Balaban J connectivity index is 2.11. The zero-order chi connectivity index (χ0) is 13.0. The van der Waals surface area contributed by atoms with Crippen LogP contribution >= 0.6 is 0 Å². The molecule has 1 aromatic carbocycles. The molecular formula is C15H21NO2. The first-order valence-electron chi connectivity index (χ1n) is 6.47. The van der Waals surface area contributed by atoms with Gasteiger partial charge in [-0.15, -0.1) is 0 Å². The lowest BCUT2D eigenvalue weighted by atomic mass is 10.1. The summed E-state index contributed by atoms with van der Waals surface area (Å²) < 4.78 is 10.8. The maximum absolute atomic E-state index is 5.44. The summed E-state index contributed by atoms with van der Waals surface area (Å²) in [6.45, 7) is 7.37. The van der Waals surface area contributed by atoms with E-state index in [1.54, 1.807) is 7.11 Å². The average molecular weight is 247 g/mol. The minimum atomic E-state index is 0.639. The molecule has 0 unspecified atom stereocenters. The smallest absolute Gasteiger partial charge is 0.123 e. The molecule has 0 heterocycles. The van der Waals surface area contributed by atoms with Gasteiger partial charge in [-0.1, -0.05) is 6.58 Å². The number of hydrogen-bond acceptors (Lipinski definition) is 3. The molecule has 0 aromatic heterocycles. The molecule has 1 saturated carbocycles. The number of hydrogen-bond donors (Lipinski definition) is 1. The molecule has 1 aliphatic carbocycles. The Bertz CT molecular complexity index is 425. The van der Waals surface area contributed by atoms with E-state index in [4.69, 9.17) is 9.47 Å². The van der Waals surface area contributed by atoms with Crippen LogP contribution in [0.4, 0.5) is 0 Å². The molecule has 18 heavy (non-hydrogen) atoms. The van der Waals surface area contributed by atoms with Crippen LogP contribution in [0.15, 0.2) is 24.8 Å². The van der Waals surface area contributed by atoms with Crippen molar-refractivity contribution in [1.29, 1.82) is 0 Å². The highest BCUT2D eigenvalue weighted by Gasteiger charge is 2.20. The first-order chi connectivity index (χ1) is 8.74. The van der Waals surface area contributed by atoms with Gasteiger partial charge in [0.25, 0.3) is 0 Å². The molecular weight excluding hydrogens is 226 g/mol. The lowest BCUT2D eigenvalue weighted by molar-refractivity contribution is 0.299. The van der Waals surface area contributed by atoms with Gasteiger partial charge in [-0.25, -0.2) is 0 Å². The molecule has 3 nitrogen and oxygen atoms in total. The zero-order valence-corrected chi connectivity index (χ0v) is 11.2. The average Bonchev–Trinajstić information content (AvgIpc) is 3.20. The van der Waals surface area contributed by atoms with Crippen molar-refractivity contribution in [3.63, 3.8) is 0 Å². The lowest BCUT2D eigenvalue weighted by Crippen LogP contribution is -2.16. The second kappa shape index (κ2) is 5.91. The highest BCUT2D eigenvalue weighted by atomic mass is 16.5. The monoisotopic (exact) mass is 247 g/mol. The van der Waals surface area contributed by atoms with Crippen LogP contribution in [0.1, 0.15) is 30.9 Å². The van der Waals surface area contributed by atoms with E-state index < -0.39 is 0 Å². The highest BCUT2D eigenvalue weighted by molar-refractivity contribution is 5.60. The molecule has 98 valence electrons. The van der Waals surface area contributed by atoms with Gasteiger partial charge >= 0.3 is 0 Å². The van der Waals surface area contributed by atoms with Gasteiger partial charge in [0.15, 0.2) is 0 Å². The van der Waals surface area contributed by atoms with E-state index >= 15 is 0 Å². The number of ether oxygens (including phenoxy) is 2. The standard InChI is InChI=1S/C15H21NO2/c1-4-18-11(2)12-5-8-15(17-3)13(9-12)10-16-14-6-7-14/h5,8-9,14,16H,2,4,6-7,10H2,1,3H3. The fraction of sp³-hybridized carbons (Fsp3) is 0.467. The van der Waals surface area contributed by atoms with Gasteiger partial charge in [0.05, 0.1) is 13.7 Å². The molecule has 0 amide bonds. The highest BCUT2D eigenvalue weighted by Crippen LogP contribution is 2.25. The van der Waals surface area contributed by atoms with Crippen LogP contribution < -0.4 is 10.1 Å². The Labute approximate surface area is 109 Å². The van der Waals surface area contributed by atoms with Gasteiger partial charge in [-0.05, 0) is 38.0 Å². The van der Waals surface area contributed by atoms with E-state index in [0.29, 0.717) is 18.4 Å². The summed E-state index contributed by atoms with van der Waals surface area (Å²) in [5.74, 6) is 1.63. The van der Waals surface area contributed by atoms with Crippen LogP contribution in [0, 0.1) is 0 Å². The minimum Gasteiger partial charge on any atom is -0.496 e. The van der Waals surface area contributed by atoms with Crippen LogP contribution in [-0.2, 0) is 11.3 Å². The Hall–Kier alpha value is -1.48. The van der Waals surface area contributed by atoms with Crippen molar-refractivity contribution >= 4 is 5.76 Å². The van der Waals surface area contributed by atoms with Gasteiger partial charge in [-0.2, -0.15) is 0 Å². The van der Waals surface area contributed by atoms with Crippen molar-refractivity contribution in [3.05, 3.63) is 35.9 Å². The van der Waals surface area contributed by atoms with Gasteiger partial charge in [0, 0.05) is 23.7 Å². The molecule has 0 saturated heterocycles. The maximum Gasteiger partial charge on any atom is 0.123 e. The van der Waals surface area contributed by atoms with E-state index in [2.05, 4.69) is 18.0 Å². The molecule has 2 rings (SSSR count). The largest absolute Gasteiger partial charge is 0.496 e. The SMILES string of the molecule is C=C(OCC)c1ccc(OC)c(CNC2CC2)c1. The van der Waals surface area contributed by atoms with Crippen molar-refractivity contribution < 1.29 is 9.47 Å². The van der Waals surface area contributed by atoms with Crippen LogP contribution in [0.2, 0.25) is 0 Å². The summed E-state index contributed by atoms with van der Waals surface area (Å²) >= 11 is 0. The van der Waals surface area contributed by atoms with Crippen molar-refractivity contribution in [2.75, 3.05) is 13.7 Å². The Kier molecular flexibility index (Phi) is 4.26. The Morgan fingerprint density at radius 3 is 2.83 bits per heavy atom. The Morgan fingerprint density at radius 2 is 2.22 bits per heavy atom. The molecule has 0 radical (unpaired) electrons. The normalized spacial score (nSPS) is 14.3. The van der Waals surface area contributed by atoms with Gasteiger partial charge in [-0.3, -0.25) is 0 Å². The molecule has 0 atom stereocenters. The summed E-state index contributed by atoms with van der Waals surface area (Å²) in [6, 6.07) is 6.74. The fourth-order valence-electron chi connectivity index (χ4n) is 1.89. The number of methoxy groups -OCH3 is 1. The third kappa shape index (κ3) is 3.26. The summed E-state index contributed by atoms with van der Waals surface area (Å²) in [6.07, 6.45) is 2.57. The quantitative estimate of drug-likeness (QED) is 0.751. The van der Waals surface area contributed by atoms with Crippen molar-refractivity contribution in [1.82, 2.24) is 5.32 Å². The number of rotatable bonds is 7. The molecule has 0 bridgehead atoms. The maximum atomic E-state index is 5.44. The summed E-state index contributed by atoms with van der Waals surface area (Å²) in [7, 11) is 1.70. The van der Waals surface area contributed by atoms with E-state index in [1.165, 1.54) is 12.8 Å². The van der Waals surface area contributed by atoms with E-state index in [9.17, 15) is 0 Å². The molecule has 1 fully saturated rings. The summed E-state index contributed by atoms with van der Waals surface area (Å²) in [5, 5.41) is 3.50. The van der Waals surface area contributed by atoms with Crippen molar-refractivity contribution in [2.45, 2.75) is 32.4 Å². The predicted molar refractivity (Wildman–Crippen MR) is 73.5 cm³/mol. The molecule has 0 aliphatic heterocycles.